The maximum Gasteiger partial charge on any atom is 0.0672 e. The molecule has 0 aromatic heterocycles. The van der Waals surface area contributed by atoms with Crippen LogP contribution in [0, 0.1) is 23.2 Å². The van der Waals surface area contributed by atoms with E-state index in [9.17, 15) is 5.26 Å². The van der Waals surface area contributed by atoms with Gasteiger partial charge in [0, 0.05) is 6.04 Å². The first-order valence-electron chi connectivity index (χ1n) is 7.98. The van der Waals surface area contributed by atoms with E-state index in [1.165, 1.54) is 64.5 Å². The molecule has 2 rings (SSSR count). The molecule has 2 fully saturated rings. The van der Waals surface area contributed by atoms with Gasteiger partial charge in [0.05, 0.1) is 12.0 Å². The molecule has 0 radical (unpaired) electrons. The molecule has 18 heavy (non-hydrogen) atoms. The smallest absolute Gasteiger partial charge is 0.0672 e. The van der Waals surface area contributed by atoms with Crippen LogP contribution in [0.1, 0.15) is 64.7 Å². The highest BCUT2D eigenvalue weighted by atomic mass is 15.2. The van der Waals surface area contributed by atoms with E-state index in [0.717, 1.165) is 12.3 Å². The summed E-state index contributed by atoms with van der Waals surface area (Å²) in [5, 5.41) is 9.40. The van der Waals surface area contributed by atoms with Crippen LogP contribution in [0.2, 0.25) is 0 Å². The van der Waals surface area contributed by atoms with Gasteiger partial charge in [-0.3, -0.25) is 4.90 Å². The molecule has 1 aliphatic carbocycles. The van der Waals surface area contributed by atoms with E-state index in [2.05, 4.69) is 17.9 Å². The van der Waals surface area contributed by atoms with Crippen LogP contribution in [0.15, 0.2) is 0 Å². The second-order valence-electron chi connectivity index (χ2n) is 6.19. The Morgan fingerprint density at radius 2 is 1.72 bits per heavy atom. The number of hydrogen-bond acceptors (Lipinski definition) is 2. The molecule has 0 aromatic carbocycles. The van der Waals surface area contributed by atoms with Crippen molar-refractivity contribution in [3.63, 3.8) is 0 Å². The molecule has 2 heteroatoms. The molecule has 102 valence electrons. The summed E-state index contributed by atoms with van der Waals surface area (Å²) in [6.07, 6.45) is 11.8. The van der Waals surface area contributed by atoms with Crippen molar-refractivity contribution < 1.29 is 0 Å². The number of rotatable bonds is 2. The molecule has 0 bridgehead atoms. The zero-order valence-corrected chi connectivity index (χ0v) is 11.9. The van der Waals surface area contributed by atoms with Crippen LogP contribution in [0.25, 0.3) is 0 Å². The summed E-state index contributed by atoms with van der Waals surface area (Å²) >= 11 is 0. The first-order chi connectivity index (χ1) is 8.85. The second kappa shape index (κ2) is 7.14. The van der Waals surface area contributed by atoms with Gasteiger partial charge in [-0.1, -0.05) is 32.6 Å². The quantitative estimate of drug-likeness (QED) is 0.739. The lowest BCUT2D eigenvalue weighted by Gasteiger charge is -2.41. The third-order valence-corrected chi connectivity index (χ3v) is 5.03. The highest BCUT2D eigenvalue weighted by Gasteiger charge is 2.33. The van der Waals surface area contributed by atoms with Crippen molar-refractivity contribution >= 4 is 0 Å². The summed E-state index contributed by atoms with van der Waals surface area (Å²) in [6, 6.07) is 3.15. The molecule has 1 heterocycles. The minimum Gasteiger partial charge on any atom is -0.299 e. The van der Waals surface area contributed by atoms with Crippen LogP contribution in [0.3, 0.4) is 0 Å². The fraction of sp³-hybridized carbons (Fsp3) is 0.938. The van der Waals surface area contributed by atoms with Crippen LogP contribution >= 0.6 is 0 Å². The second-order valence-corrected chi connectivity index (χ2v) is 6.19. The van der Waals surface area contributed by atoms with Gasteiger partial charge >= 0.3 is 0 Å². The molecule has 1 saturated carbocycles. The largest absolute Gasteiger partial charge is 0.299 e. The minimum atomic E-state index is 0.298. The third kappa shape index (κ3) is 3.48. The van der Waals surface area contributed by atoms with Crippen molar-refractivity contribution in [1.82, 2.24) is 4.90 Å². The molecule has 1 aliphatic heterocycles. The summed E-state index contributed by atoms with van der Waals surface area (Å²) in [5.41, 5.74) is 0. The zero-order chi connectivity index (χ0) is 12.8. The molecular formula is C16H28N2. The van der Waals surface area contributed by atoms with Crippen LogP contribution < -0.4 is 0 Å². The van der Waals surface area contributed by atoms with E-state index in [1.54, 1.807) is 0 Å². The molecule has 3 atom stereocenters. The molecule has 3 unspecified atom stereocenters. The number of hydrogen-bond donors (Lipinski definition) is 0. The number of nitrogens with zero attached hydrogens (tertiary/aromatic N) is 2. The standard InChI is InChI=1S/C16H28N2/c1-2-14-8-9-15(13-17)16(12-14)18-10-6-4-3-5-7-11-18/h14-16H,2-12H2,1H3. The van der Waals surface area contributed by atoms with Gasteiger partial charge in [0.15, 0.2) is 0 Å². The maximum atomic E-state index is 9.40. The average Bonchev–Trinajstić information content (AvgIpc) is 2.38. The SMILES string of the molecule is CCC1CCC(C#N)C(N2CCCCCCC2)C1. The Labute approximate surface area is 112 Å². The molecular weight excluding hydrogens is 220 g/mol. The fourth-order valence-electron chi connectivity index (χ4n) is 3.76. The predicted octanol–water partition coefficient (Wildman–Crippen LogP) is 3.97. The Hall–Kier alpha value is -0.550. The highest BCUT2D eigenvalue weighted by Crippen LogP contribution is 2.34. The normalized spacial score (nSPS) is 35.4. The van der Waals surface area contributed by atoms with E-state index in [1.807, 2.05) is 0 Å². The predicted molar refractivity (Wildman–Crippen MR) is 75.2 cm³/mol. The van der Waals surface area contributed by atoms with Crippen molar-refractivity contribution in [3.05, 3.63) is 0 Å². The summed E-state index contributed by atoms with van der Waals surface area (Å²) in [6.45, 7) is 4.78. The first kappa shape index (κ1) is 13.9. The summed E-state index contributed by atoms with van der Waals surface area (Å²) < 4.78 is 0. The summed E-state index contributed by atoms with van der Waals surface area (Å²) in [4.78, 5) is 2.66. The fourth-order valence-corrected chi connectivity index (χ4v) is 3.76. The van der Waals surface area contributed by atoms with Gasteiger partial charge in [0.25, 0.3) is 0 Å². The van der Waals surface area contributed by atoms with Gasteiger partial charge in [-0.25, -0.2) is 0 Å². The van der Waals surface area contributed by atoms with Gasteiger partial charge in [-0.05, 0) is 51.1 Å². The molecule has 2 nitrogen and oxygen atoms in total. The van der Waals surface area contributed by atoms with Gasteiger partial charge in [0.2, 0.25) is 0 Å². The molecule has 0 N–H and O–H groups in total. The van der Waals surface area contributed by atoms with Crippen LogP contribution in [-0.2, 0) is 0 Å². The van der Waals surface area contributed by atoms with Crippen LogP contribution in [0.4, 0.5) is 0 Å². The maximum absolute atomic E-state index is 9.40. The monoisotopic (exact) mass is 248 g/mol. The van der Waals surface area contributed by atoms with E-state index in [-0.39, 0.29) is 0 Å². The minimum absolute atomic E-state index is 0.298. The van der Waals surface area contributed by atoms with E-state index in [4.69, 9.17) is 0 Å². The Kier molecular flexibility index (Phi) is 5.50. The highest BCUT2D eigenvalue weighted by molar-refractivity contribution is 4.97. The molecule has 0 spiro atoms. The molecule has 1 saturated heterocycles. The van der Waals surface area contributed by atoms with E-state index >= 15 is 0 Å². The summed E-state index contributed by atoms with van der Waals surface area (Å²) in [7, 11) is 0. The lowest BCUT2D eigenvalue weighted by Crippen LogP contribution is -2.45. The lowest BCUT2D eigenvalue weighted by atomic mass is 9.77. The lowest BCUT2D eigenvalue weighted by molar-refractivity contribution is 0.0915. The molecule has 0 aromatic rings. The number of nitriles is 1. The third-order valence-electron chi connectivity index (χ3n) is 5.03. The van der Waals surface area contributed by atoms with E-state index in [0.29, 0.717) is 12.0 Å². The van der Waals surface area contributed by atoms with Crippen molar-refractivity contribution in [3.8, 4) is 6.07 Å². The topological polar surface area (TPSA) is 27.0 Å². The van der Waals surface area contributed by atoms with Gasteiger partial charge in [-0.2, -0.15) is 5.26 Å². The Morgan fingerprint density at radius 3 is 2.33 bits per heavy atom. The van der Waals surface area contributed by atoms with Crippen molar-refractivity contribution in [2.75, 3.05) is 13.1 Å². The van der Waals surface area contributed by atoms with Crippen LogP contribution in [0.5, 0.6) is 0 Å². The number of likely N-dealkylation sites (tertiary alicyclic amines) is 1. The summed E-state index contributed by atoms with van der Waals surface area (Å²) in [5.74, 6) is 1.16. The van der Waals surface area contributed by atoms with Crippen molar-refractivity contribution in [2.24, 2.45) is 11.8 Å². The van der Waals surface area contributed by atoms with E-state index < -0.39 is 0 Å². The van der Waals surface area contributed by atoms with Crippen molar-refractivity contribution in [1.29, 1.82) is 5.26 Å². The van der Waals surface area contributed by atoms with Gasteiger partial charge in [0.1, 0.15) is 0 Å². The van der Waals surface area contributed by atoms with Gasteiger partial charge in [-0.15, -0.1) is 0 Å². The van der Waals surface area contributed by atoms with Crippen LogP contribution in [-0.4, -0.2) is 24.0 Å². The van der Waals surface area contributed by atoms with Crippen molar-refractivity contribution in [2.45, 2.75) is 70.8 Å². The first-order valence-corrected chi connectivity index (χ1v) is 7.98. The Morgan fingerprint density at radius 1 is 1.06 bits per heavy atom. The average molecular weight is 248 g/mol. The zero-order valence-electron chi connectivity index (χ0n) is 11.9. The Bertz CT molecular complexity index is 273. The Balaban J connectivity index is 1.99. The molecule has 0 amide bonds. The van der Waals surface area contributed by atoms with Gasteiger partial charge < -0.3 is 0 Å². The molecule has 2 aliphatic rings.